The van der Waals surface area contributed by atoms with Crippen molar-refractivity contribution in [3.05, 3.63) is 87.3 Å². The predicted molar refractivity (Wildman–Crippen MR) is 128 cm³/mol. The van der Waals surface area contributed by atoms with Gasteiger partial charge in [0, 0.05) is 0 Å². The van der Waals surface area contributed by atoms with Crippen LogP contribution >= 0.6 is 11.3 Å². The SMILES string of the molecule is CCCN(CC(=O)NC1c2ccccc2-c2ccccc21)Cc1nc2ccsc2c(=O)[nH]1. The van der Waals surface area contributed by atoms with Crippen molar-refractivity contribution in [1.29, 1.82) is 0 Å². The van der Waals surface area contributed by atoms with Gasteiger partial charge in [-0.05, 0) is 46.7 Å². The van der Waals surface area contributed by atoms with Crippen LogP contribution in [-0.4, -0.2) is 33.9 Å². The fraction of sp³-hybridized carbons (Fsp3) is 0.240. The van der Waals surface area contributed by atoms with E-state index in [2.05, 4.69) is 46.5 Å². The molecule has 0 fully saturated rings. The quantitative estimate of drug-likeness (QED) is 0.450. The van der Waals surface area contributed by atoms with Crippen LogP contribution in [-0.2, 0) is 11.3 Å². The molecule has 0 unspecified atom stereocenters. The zero-order chi connectivity index (χ0) is 22.1. The molecule has 1 aliphatic carbocycles. The lowest BCUT2D eigenvalue weighted by Gasteiger charge is -2.22. The second kappa shape index (κ2) is 8.68. The van der Waals surface area contributed by atoms with Crippen molar-refractivity contribution in [3.63, 3.8) is 0 Å². The number of hydrogen-bond acceptors (Lipinski definition) is 5. The van der Waals surface area contributed by atoms with Crippen LogP contribution in [0.3, 0.4) is 0 Å². The molecule has 0 spiro atoms. The van der Waals surface area contributed by atoms with Gasteiger partial charge in [0.05, 0.1) is 24.6 Å². The maximum atomic E-state index is 13.1. The van der Waals surface area contributed by atoms with Gasteiger partial charge >= 0.3 is 0 Å². The lowest BCUT2D eigenvalue weighted by atomic mass is 10.1. The minimum absolute atomic E-state index is 0.0473. The number of aromatic nitrogens is 2. The number of amides is 1. The molecule has 7 heteroatoms. The van der Waals surface area contributed by atoms with Crippen LogP contribution in [0.5, 0.6) is 0 Å². The molecule has 2 aromatic carbocycles. The highest BCUT2D eigenvalue weighted by Crippen LogP contribution is 2.42. The summed E-state index contributed by atoms with van der Waals surface area (Å²) in [5.41, 5.74) is 5.17. The monoisotopic (exact) mass is 444 g/mol. The van der Waals surface area contributed by atoms with Gasteiger partial charge in [0.25, 0.3) is 5.56 Å². The van der Waals surface area contributed by atoms with E-state index < -0.39 is 0 Å². The van der Waals surface area contributed by atoms with Gasteiger partial charge in [-0.3, -0.25) is 14.5 Å². The Morgan fingerprint density at radius 1 is 1.09 bits per heavy atom. The first-order valence-corrected chi connectivity index (χ1v) is 11.7. The number of thiophene rings is 1. The van der Waals surface area contributed by atoms with E-state index in [9.17, 15) is 9.59 Å². The normalized spacial score (nSPS) is 12.8. The van der Waals surface area contributed by atoms with Crippen molar-refractivity contribution >= 4 is 27.5 Å². The van der Waals surface area contributed by atoms with E-state index in [1.165, 1.54) is 22.5 Å². The molecule has 0 bridgehead atoms. The van der Waals surface area contributed by atoms with Crippen LogP contribution in [0.15, 0.2) is 64.8 Å². The summed E-state index contributed by atoms with van der Waals surface area (Å²) in [7, 11) is 0. The molecular formula is C25H24N4O2S. The topological polar surface area (TPSA) is 78.1 Å². The summed E-state index contributed by atoms with van der Waals surface area (Å²) >= 11 is 1.39. The van der Waals surface area contributed by atoms with E-state index in [0.29, 0.717) is 22.6 Å². The highest BCUT2D eigenvalue weighted by molar-refractivity contribution is 7.17. The molecule has 0 atom stereocenters. The lowest BCUT2D eigenvalue weighted by molar-refractivity contribution is -0.122. The molecule has 0 aliphatic heterocycles. The number of benzene rings is 2. The third kappa shape index (κ3) is 3.85. The summed E-state index contributed by atoms with van der Waals surface area (Å²) in [6.45, 7) is 3.46. The van der Waals surface area contributed by atoms with Crippen molar-refractivity contribution in [3.8, 4) is 11.1 Å². The molecule has 2 aromatic heterocycles. The van der Waals surface area contributed by atoms with Crippen LogP contribution in [0, 0.1) is 0 Å². The zero-order valence-electron chi connectivity index (χ0n) is 17.8. The lowest BCUT2D eigenvalue weighted by Crippen LogP contribution is -2.39. The number of H-pyrrole nitrogens is 1. The highest BCUT2D eigenvalue weighted by Gasteiger charge is 2.29. The molecule has 6 nitrogen and oxygen atoms in total. The van der Waals surface area contributed by atoms with Gasteiger partial charge in [0.2, 0.25) is 5.91 Å². The van der Waals surface area contributed by atoms with Gasteiger partial charge < -0.3 is 10.3 Å². The Hall–Kier alpha value is -3.29. The van der Waals surface area contributed by atoms with Crippen LogP contribution in [0.4, 0.5) is 0 Å². The second-order valence-electron chi connectivity index (χ2n) is 8.03. The van der Waals surface area contributed by atoms with Crippen molar-refractivity contribution in [2.24, 2.45) is 0 Å². The van der Waals surface area contributed by atoms with Crippen molar-refractivity contribution in [2.75, 3.05) is 13.1 Å². The van der Waals surface area contributed by atoms with Crippen molar-refractivity contribution in [1.82, 2.24) is 20.2 Å². The van der Waals surface area contributed by atoms with E-state index in [4.69, 9.17) is 0 Å². The summed E-state index contributed by atoms with van der Waals surface area (Å²) in [5, 5.41) is 5.10. The minimum atomic E-state index is -0.154. The first kappa shape index (κ1) is 20.6. The Morgan fingerprint density at radius 3 is 2.47 bits per heavy atom. The molecule has 4 aromatic rings. The van der Waals surface area contributed by atoms with Gasteiger partial charge in [0.15, 0.2) is 0 Å². The van der Waals surface area contributed by atoms with Gasteiger partial charge in [-0.1, -0.05) is 55.5 Å². The molecular weight excluding hydrogens is 420 g/mol. The molecule has 2 heterocycles. The Balaban J connectivity index is 1.34. The van der Waals surface area contributed by atoms with Crippen LogP contribution in [0.25, 0.3) is 21.3 Å². The Kier molecular flexibility index (Phi) is 5.59. The van der Waals surface area contributed by atoms with E-state index in [-0.39, 0.29) is 24.1 Å². The first-order valence-electron chi connectivity index (χ1n) is 10.8. The number of nitrogens with one attached hydrogen (secondary N) is 2. The standard InChI is InChI=1S/C25H24N4O2S/c1-2-12-29(14-21-26-20-11-13-32-24(20)25(31)27-21)15-22(30)28-23-18-9-5-3-7-16(18)17-8-4-6-10-19(17)23/h3-11,13,23H,2,12,14-15H2,1H3,(H,28,30)(H,26,27,31). The number of hydrogen-bond donors (Lipinski definition) is 2. The Bertz CT molecular complexity index is 1300. The van der Waals surface area contributed by atoms with E-state index in [0.717, 1.165) is 24.1 Å². The summed E-state index contributed by atoms with van der Waals surface area (Å²) in [6, 6.07) is 18.1. The summed E-state index contributed by atoms with van der Waals surface area (Å²) < 4.78 is 0.632. The number of nitrogens with zero attached hydrogens (tertiary/aromatic N) is 2. The van der Waals surface area contributed by atoms with E-state index in [1.54, 1.807) is 0 Å². The minimum Gasteiger partial charge on any atom is -0.344 e. The fourth-order valence-electron chi connectivity index (χ4n) is 4.46. The second-order valence-corrected chi connectivity index (χ2v) is 8.95. The van der Waals surface area contributed by atoms with Gasteiger partial charge in [0.1, 0.15) is 10.5 Å². The number of carbonyl (C=O) groups excluding carboxylic acids is 1. The summed E-state index contributed by atoms with van der Waals surface area (Å²) in [5.74, 6) is 0.535. The highest BCUT2D eigenvalue weighted by atomic mass is 32.1. The molecule has 1 amide bonds. The largest absolute Gasteiger partial charge is 0.344 e. The van der Waals surface area contributed by atoms with Gasteiger partial charge in [-0.25, -0.2) is 4.98 Å². The van der Waals surface area contributed by atoms with E-state index in [1.807, 2.05) is 40.6 Å². The Morgan fingerprint density at radius 2 is 1.78 bits per heavy atom. The predicted octanol–water partition coefficient (Wildman–Crippen LogP) is 4.08. The number of carbonyl (C=O) groups is 1. The maximum Gasteiger partial charge on any atom is 0.268 e. The molecule has 5 rings (SSSR count). The third-order valence-electron chi connectivity index (χ3n) is 5.78. The first-order chi connectivity index (χ1) is 15.6. The van der Waals surface area contributed by atoms with Gasteiger partial charge in [-0.2, -0.15) is 0 Å². The van der Waals surface area contributed by atoms with Crippen LogP contribution < -0.4 is 10.9 Å². The maximum absolute atomic E-state index is 13.1. The molecule has 32 heavy (non-hydrogen) atoms. The molecule has 0 saturated heterocycles. The molecule has 0 radical (unpaired) electrons. The van der Waals surface area contributed by atoms with E-state index >= 15 is 0 Å². The average molecular weight is 445 g/mol. The average Bonchev–Trinajstić information content (AvgIpc) is 3.38. The Labute approximate surface area is 189 Å². The molecule has 2 N–H and O–H groups in total. The van der Waals surface area contributed by atoms with Gasteiger partial charge in [-0.15, -0.1) is 11.3 Å². The zero-order valence-corrected chi connectivity index (χ0v) is 18.6. The molecule has 162 valence electrons. The summed E-state index contributed by atoms with van der Waals surface area (Å²) in [4.78, 5) is 34.9. The number of aromatic amines is 1. The van der Waals surface area contributed by atoms with Crippen molar-refractivity contribution in [2.45, 2.75) is 25.9 Å². The molecule has 0 saturated carbocycles. The van der Waals surface area contributed by atoms with Crippen molar-refractivity contribution < 1.29 is 4.79 Å². The fourth-order valence-corrected chi connectivity index (χ4v) is 5.18. The smallest absolute Gasteiger partial charge is 0.268 e. The molecule has 1 aliphatic rings. The summed E-state index contributed by atoms with van der Waals surface area (Å²) in [6.07, 6.45) is 0.896. The number of rotatable bonds is 7. The number of fused-ring (bicyclic) bond motifs is 4. The third-order valence-corrected chi connectivity index (χ3v) is 6.69. The van der Waals surface area contributed by atoms with Crippen LogP contribution in [0.2, 0.25) is 0 Å². The van der Waals surface area contributed by atoms with Crippen LogP contribution in [0.1, 0.15) is 36.3 Å².